The summed E-state index contributed by atoms with van der Waals surface area (Å²) in [6.45, 7) is 1.94. The number of nitrogens with one attached hydrogen (secondary N) is 2. The van der Waals surface area contributed by atoms with Crippen molar-refractivity contribution in [1.29, 1.82) is 0 Å². The standard InChI is InChI=1S/C18H14FN5/c1-11-3-2-4-17(23-11)18-15(10-22-24-18)12-5-6-16(19)14(7-12)13-8-20-21-9-13/h2-10H,1H3,(H,20,21)(H,22,24). The summed E-state index contributed by atoms with van der Waals surface area (Å²) in [5.41, 5.74) is 5.36. The molecule has 6 heteroatoms. The summed E-state index contributed by atoms with van der Waals surface area (Å²) < 4.78 is 14.2. The minimum absolute atomic E-state index is 0.293. The number of pyridine rings is 1. The summed E-state index contributed by atoms with van der Waals surface area (Å²) in [4.78, 5) is 4.52. The molecule has 0 bridgehead atoms. The van der Waals surface area contributed by atoms with E-state index in [1.807, 2.05) is 25.1 Å². The lowest BCUT2D eigenvalue weighted by Gasteiger charge is -2.06. The van der Waals surface area contributed by atoms with Crippen molar-refractivity contribution in [2.75, 3.05) is 0 Å². The number of aryl methyl sites for hydroxylation is 1. The highest BCUT2D eigenvalue weighted by Gasteiger charge is 2.14. The molecule has 0 unspecified atom stereocenters. The van der Waals surface area contributed by atoms with E-state index in [-0.39, 0.29) is 5.82 Å². The number of nitrogens with zero attached hydrogens (tertiary/aromatic N) is 3. The Kier molecular flexibility index (Phi) is 3.42. The second-order valence-electron chi connectivity index (χ2n) is 5.49. The maximum atomic E-state index is 14.2. The lowest BCUT2D eigenvalue weighted by Crippen LogP contribution is -1.90. The van der Waals surface area contributed by atoms with Crippen LogP contribution in [0.25, 0.3) is 33.6 Å². The van der Waals surface area contributed by atoms with E-state index in [4.69, 9.17) is 0 Å². The molecule has 0 saturated heterocycles. The Morgan fingerprint density at radius 1 is 0.958 bits per heavy atom. The third-order valence-corrected chi connectivity index (χ3v) is 3.86. The first kappa shape index (κ1) is 14.3. The lowest BCUT2D eigenvalue weighted by molar-refractivity contribution is 0.631. The Balaban J connectivity index is 1.84. The van der Waals surface area contributed by atoms with Crippen LogP contribution in [0.2, 0.25) is 0 Å². The Morgan fingerprint density at radius 3 is 2.67 bits per heavy atom. The normalized spacial score (nSPS) is 10.9. The largest absolute Gasteiger partial charge is 0.285 e. The van der Waals surface area contributed by atoms with Crippen LogP contribution in [0.5, 0.6) is 0 Å². The maximum Gasteiger partial charge on any atom is 0.131 e. The van der Waals surface area contributed by atoms with Crippen LogP contribution in [0.4, 0.5) is 4.39 Å². The first-order valence-corrected chi connectivity index (χ1v) is 7.49. The lowest BCUT2D eigenvalue weighted by atomic mass is 9.99. The molecule has 0 radical (unpaired) electrons. The highest BCUT2D eigenvalue weighted by molar-refractivity contribution is 5.81. The fourth-order valence-corrected chi connectivity index (χ4v) is 2.69. The molecule has 4 rings (SSSR count). The smallest absolute Gasteiger partial charge is 0.131 e. The van der Waals surface area contributed by atoms with Gasteiger partial charge in [-0.1, -0.05) is 12.1 Å². The fraction of sp³-hybridized carbons (Fsp3) is 0.0556. The van der Waals surface area contributed by atoms with E-state index in [1.165, 1.54) is 6.07 Å². The van der Waals surface area contributed by atoms with Gasteiger partial charge in [0.05, 0.1) is 11.9 Å². The van der Waals surface area contributed by atoms with E-state index in [0.29, 0.717) is 11.1 Å². The zero-order valence-corrected chi connectivity index (χ0v) is 12.9. The number of halogens is 1. The maximum absolute atomic E-state index is 14.2. The molecule has 5 nitrogen and oxygen atoms in total. The molecule has 3 heterocycles. The molecule has 1 aromatic carbocycles. The van der Waals surface area contributed by atoms with Crippen molar-refractivity contribution in [2.45, 2.75) is 6.92 Å². The van der Waals surface area contributed by atoms with Crippen LogP contribution in [0.15, 0.2) is 55.0 Å². The van der Waals surface area contributed by atoms with E-state index in [0.717, 1.165) is 28.2 Å². The van der Waals surface area contributed by atoms with Gasteiger partial charge in [0, 0.05) is 34.8 Å². The van der Waals surface area contributed by atoms with Crippen LogP contribution in [0, 0.1) is 12.7 Å². The number of hydrogen-bond acceptors (Lipinski definition) is 3. The number of aromatic amines is 2. The topological polar surface area (TPSA) is 70.2 Å². The molecule has 0 atom stereocenters. The molecule has 24 heavy (non-hydrogen) atoms. The quantitative estimate of drug-likeness (QED) is 0.600. The van der Waals surface area contributed by atoms with Gasteiger partial charge in [-0.15, -0.1) is 0 Å². The molecule has 0 amide bonds. The number of H-pyrrole nitrogens is 2. The van der Waals surface area contributed by atoms with Gasteiger partial charge in [0.25, 0.3) is 0 Å². The van der Waals surface area contributed by atoms with Crippen molar-refractivity contribution in [3.8, 4) is 33.6 Å². The van der Waals surface area contributed by atoms with Gasteiger partial charge >= 0.3 is 0 Å². The van der Waals surface area contributed by atoms with Crippen molar-refractivity contribution in [3.05, 3.63) is 66.5 Å². The molecule has 2 N–H and O–H groups in total. The van der Waals surface area contributed by atoms with Crippen LogP contribution < -0.4 is 0 Å². The molecule has 0 fully saturated rings. The Hall–Kier alpha value is -3.28. The molecule has 0 aliphatic carbocycles. The van der Waals surface area contributed by atoms with Gasteiger partial charge in [-0.3, -0.25) is 15.2 Å². The number of rotatable bonds is 3. The molecule has 0 aliphatic rings. The van der Waals surface area contributed by atoms with E-state index < -0.39 is 0 Å². The van der Waals surface area contributed by atoms with Gasteiger partial charge in [-0.2, -0.15) is 10.2 Å². The first-order chi connectivity index (χ1) is 11.7. The van der Waals surface area contributed by atoms with Gasteiger partial charge in [-0.05, 0) is 36.8 Å². The number of aromatic nitrogens is 5. The minimum atomic E-state index is -0.293. The van der Waals surface area contributed by atoms with Crippen molar-refractivity contribution in [2.24, 2.45) is 0 Å². The third-order valence-electron chi connectivity index (χ3n) is 3.86. The second kappa shape index (κ2) is 5.73. The SMILES string of the molecule is Cc1cccc(-c2n[nH]cc2-c2ccc(F)c(-c3cn[nH]c3)c2)n1. The summed E-state index contributed by atoms with van der Waals surface area (Å²) in [6, 6.07) is 10.8. The van der Waals surface area contributed by atoms with Crippen molar-refractivity contribution >= 4 is 0 Å². The molecular formula is C18H14FN5. The van der Waals surface area contributed by atoms with Crippen LogP contribution in [-0.4, -0.2) is 25.4 Å². The summed E-state index contributed by atoms with van der Waals surface area (Å²) >= 11 is 0. The second-order valence-corrected chi connectivity index (χ2v) is 5.49. The Morgan fingerprint density at radius 2 is 1.88 bits per heavy atom. The summed E-state index contributed by atoms with van der Waals surface area (Å²) in [7, 11) is 0. The van der Waals surface area contributed by atoms with Crippen LogP contribution >= 0.6 is 0 Å². The van der Waals surface area contributed by atoms with Crippen LogP contribution in [-0.2, 0) is 0 Å². The van der Waals surface area contributed by atoms with Crippen molar-refractivity contribution in [3.63, 3.8) is 0 Å². The van der Waals surface area contributed by atoms with E-state index in [9.17, 15) is 4.39 Å². The zero-order chi connectivity index (χ0) is 16.5. The molecule has 3 aromatic heterocycles. The predicted molar refractivity (Wildman–Crippen MR) is 89.5 cm³/mol. The zero-order valence-electron chi connectivity index (χ0n) is 12.9. The van der Waals surface area contributed by atoms with Crippen LogP contribution in [0.3, 0.4) is 0 Å². The fourth-order valence-electron chi connectivity index (χ4n) is 2.69. The molecular weight excluding hydrogens is 305 g/mol. The molecule has 0 aliphatic heterocycles. The highest BCUT2D eigenvalue weighted by Crippen LogP contribution is 2.33. The summed E-state index contributed by atoms with van der Waals surface area (Å²) in [5.74, 6) is -0.293. The Labute approximate surface area is 137 Å². The molecule has 118 valence electrons. The number of hydrogen-bond donors (Lipinski definition) is 2. The Bertz CT molecular complexity index is 988. The molecule has 4 aromatic rings. The van der Waals surface area contributed by atoms with Gasteiger partial charge < -0.3 is 0 Å². The van der Waals surface area contributed by atoms with E-state index >= 15 is 0 Å². The average molecular weight is 319 g/mol. The average Bonchev–Trinajstić information content (AvgIpc) is 3.27. The first-order valence-electron chi connectivity index (χ1n) is 7.49. The monoisotopic (exact) mass is 319 g/mol. The summed E-state index contributed by atoms with van der Waals surface area (Å²) in [6.07, 6.45) is 5.06. The molecule has 0 spiro atoms. The number of benzene rings is 1. The van der Waals surface area contributed by atoms with Gasteiger partial charge in [0.15, 0.2) is 0 Å². The van der Waals surface area contributed by atoms with E-state index in [1.54, 1.807) is 30.7 Å². The predicted octanol–water partition coefficient (Wildman–Crippen LogP) is 3.98. The minimum Gasteiger partial charge on any atom is -0.285 e. The van der Waals surface area contributed by atoms with E-state index in [2.05, 4.69) is 25.4 Å². The van der Waals surface area contributed by atoms with Crippen molar-refractivity contribution < 1.29 is 4.39 Å². The summed E-state index contributed by atoms with van der Waals surface area (Å²) in [5, 5.41) is 13.8. The van der Waals surface area contributed by atoms with Crippen molar-refractivity contribution in [1.82, 2.24) is 25.4 Å². The highest BCUT2D eigenvalue weighted by atomic mass is 19.1. The third kappa shape index (κ3) is 2.48. The van der Waals surface area contributed by atoms with Crippen LogP contribution in [0.1, 0.15) is 5.69 Å². The molecule has 0 saturated carbocycles. The van der Waals surface area contributed by atoms with Gasteiger partial charge in [-0.25, -0.2) is 4.39 Å². The van der Waals surface area contributed by atoms with Gasteiger partial charge in [0.1, 0.15) is 11.5 Å². The van der Waals surface area contributed by atoms with Gasteiger partial charge in [0.2, 0.25) is 0 Å².